The number of nitrogens with zero attached hydrogens (tertiary/aromatic N) is 1. The molecule has 0 aliphatic rings. The Labute approximate surface area is 82.5 Å². The summed E-state index contributed by atoms with van der Waals surface area (Å²) in [7, 11) is 0. The van der Waals surface area contributed by atoms with Gasteiger partial charge in [-0.3, -0.25) is 0 Å². The van der Waals surface area contributed by atoms with Crippen LogP contribution in [0, 0.1) is 0 Å². The molecule has 0 saturated heterocycles. The molecule has 7 N–H and O–H groups in total. The first-order chi connectivity index (χ1) is 6.56. The van der Waals surface area contributed by atoms with Crippen molar-refractivity contribution in [1.82, 2.24) is 10.6 Å². The third-order valence-corrected chi connectivity index (χ3v) is 1.56. The molecule has 14 heavy (non-hydrogen) atoms. The Balaban J connectivity index is 3.44. The molecule has 0 aliphatic carbocycles. The van der Waals surface area contributed by atoms with Gasteiger partial charge in [0.05, 0.1) is 0 Å². The van der Waals surface area contributed by atoms with Crippen molar-refractivity contribution in [2.24, 2.45) is 16.6 Å². The van der Waals surface area contributed by atoms with Gasteiger partial charge in [-0.2, -0.15) is 0 Å². The summed E-state index contributed by atoms with van der Waals surface area (Å²) in [5.41, 5.74) is 10.2. The molecule has 0 rings (SSSR count). The average Bonchev–Trinajstić information content (AvgIpc) is 2.12. The summed E-state index contributed by atoms with van der Waals surface area (Å²) in [4.78, 5) is 10.3. The Morgan fingerprint density at radius 3 is 2.64 bits per heavy atom. The van der Waals surface area contributed by atoms with E-state index in [1.807, 2.05) is 6.92 Å². The van der Waals surface area contributed by atoms with Gasteiger partial charge in [0.1, 0.15) is 5.84 Å². The van der Waals surface area contributed by atoms with E-state index in [0.29, 0.717) is 19.5 Å². The zero-order valence-corrected chi connectivity index (χ0v) is 8.16. The van der Waals surface area contributed by atoms with E-state index in [-0.39, 0.29) is 11.9 Å². The normalized spacial score (nSPS) is 13.6. The number of amidine groups is 1. The Hall–Kier alpha value is -1.50. The van der Waals surface area contributed by atoms with Crippen molar-refractivity contribution in [2.75, 3.05) is 13.1 Å². The van der Waals surface area contributed by atoms with Gasteiger partial charge >= 0.3 is 6.03 Å². The minimum atomic E-state index is -0.545. The van der Waals surface area contributed by atoms with E-state index < -0.39 is 6.03 Å². The van der Waals surface area contributed by atoms with Crippen molar-refractivity contribution < 1.29 is 10.0 Å². The quantitative estimate of drug-likeness (QED) is 0.122. The van der Waals surface area contributed by atoms with E-state index >= 15 is 0 Å². The van der Waals surface area contributed by atoms with Gasteiger partial charge in [-0.05, 0) is 6.92 Å². The van der Waals surface area contributed by atoms with Crippen molar-refractivity contribution in [1.29, 1.82) is 0 Å². The molecule has 0 saturated carbocycles. The highest BCUT2D eigenvalue weighted by Crippen LogP contribution is 1.88. The molecule has 7 heteroatoms. The van der Waals surface area contributed by atoms with Crippen LogP contribution in [0.3, 0.4) is 0 Å². The molecule has 1 atom stereocenters. The minimum absolute atomic E-state index is 0.0839. The lowest BCUT2D eigenvalue weighted by Gasteiger charge is -2.12. The Morgan fingerprint density at radius 2 is 2.14 bits per heavy atom. The van der Waals surface area contributed by atoms with E-state index in [2.05, 4.69) is 15.8 Å². The summed E-state index contributed by atoms with van der Waals surface area (Å²) in [6, 6.07) is -0.462. The third-order valence-electron chi connectivity index (χ3n) is 1.56. The molecule has 0 bridgehead atoms. The molecule has 2 amide bonds. The first kappa shape index (κ1) is 12.5. The summed E-state index contributed by atoms with van der Waals surface area (Å²) in [5, 5.41) is 16.6. The standard InChI is InChI=1S/C7H17N5O2/c1-5(4-6(8)12-14)10-2-3-11-7(9)13/h5,10,14H,2-4H2,1H3,(H2,8,12)(H3,9,11,13). The number of carbonyl (C=O) groups excluding carboxylic acids is 1. The van der Waals surface area contributed by atoms with Crippen LogP contribution in [-0.4, -0.2) is 36.2 Å². The van der Waals surface area contributed by atoms with Gasteiger partial charge < -0.3 is 27.3 Å². The SMILES string of the molecule is CC(CC(N)=NO)NCCNC(N)=O. The van der Waals surface area contributed by atoms with Crippen LogP contribution >= 0.6 is 0 Å². The highest BCUT2D eigenvalue weighted by molar-refractivity contribution is 5.80. The second-order valence-corrected chi connectivity index (χ2v) is 2.94. The second-order valence-electron chi connectivity index (χ2n) is 2.94. The molecule has 0 radical (unpaired) electrons. The van der Waals surface area contributed by atoms with E-state index in [4.69, 9.17) is 16.7 Å². The molecule has 0 spiro atoms. The number of hydrogen-bond acceptors (Lipinski definition) is 4. The second kappa shape index (κ2) is 6.96. The summed E-state index contributed by atoms with van der Waals surface area (Å²) >= 11 is 0. The van der Waals surface area contributed by atoms with Crippen LogP contribution < -0.4 is 22.1 Å². The van der Waals surface area contributed by atoms with Crippen LogP contribution in [0.4, 0.5) is 4.79 Å². The molecule has 1 unspecified atom stereocenters. The first-order valence-electron chi connectivity index (χ1n) is 4.29. The fourth-order valence-corrected chi connectivity index (χ4v) is 0.931. The topological polar surface area (TPSA) is 126 Å². The largest absolute Gasteiger partial charge is 0.409 e. The Kier molecular flexibility index (Phi) is 6.21. The van der Waals surface area contributed by atoms with Crippen LogP contribution in [-0.2, 0) is 0 Å². The number of hydrogen-bond donors (Lipinski definition) is 5. The number of urea groups is 1. The van der Waals surface area contributed by atoms with Crippen molar-refractivity contribution in [3.8, 4) is 0 Å². The molecular weight excluding hydrogens is 186 g/mol. The number of amides is 2. The summed E-state index contributed by atoms with van der Waals surface area (Å²) in [6.45, 7) is 2.93. The maximum absolute atomic E-state index is 10.3. The van der Waals surface area contributed by atoms with Crippen molar-refractivity contribution in [3.63, 3.8) is 0 Å². The lowest BCUT2D eigenvalue weighted by molar-refractivity contribution is 0.249. The highest BCUT2D eigenvalue weighted by Gasteiger charge is 2.03. The molecule has 0 fully saturated rings. The van der Waals surface area contributed by atoms with Crippen LogP contribution in [0.5, 0.6) is 0 Å². The van der Waals surface area contributed by atoms with E-state index in [9.17, 15) is 4.79 Å². The maximum atomic E-state index is 10.3. The van der Waals surface area contributed by atoms with E-state index in [0.717, 1.165) is 0 Å². The summed E-state index contributed by atoms with van der Waals surface area (Å²) in [6.07, 6.45) is 0.451. The number of rotatable bonds is 6. The zero-order valence-electron chi connectivity index (χ0n) is 8.16. The number of primary amides is 1. The molecule has 0 aliphatic heterocycles. The van der Waals surface area contributed by atoms with Gasteiger partial charge in [0.2, 0.25) is 0 Å². The lowest BCUT2D eigenvalue weighted by Crippen LogP contribution is -2.39. The fraction of sp³-hybridized carbons (Fsp3) is 0.714. The number of oxime groups is 1. The lowest BCUT2D eigenvalue weighted by atomic mass is 10.2. The van der Waals surface area contributed by atoms with Gasteiger partial charge in [-0.25, -0.2) is 4.79 Å². The Morgan fingerprint density at radius 1 is 1.50 bits per heavy atom. The summed E-state index contributed by atoms with van der Waals surface area (Å²) < 4.78 is 0. The molecule has 0 aromatic rings. The van der Waals surface area contributed by atoms with Crippen molar-refractivity contribution >= 4 is 11.9 Å². The molecule has 7 nitrogen and oxygen atoms in total. The zero-order chi connectivity index (χ0) is 11.0. The predicted molar refractivity (Wildman–Crippen MR) is 53.1 cm³/mol. The summed E-state index contributed by atoms with van der Waals surface area (Å²) in [5.74, 6) is 0.174. The van der Waals surface area contributed by atoms with Crippen LogP contribution in [0.1, 0.15) is 13.3 Å². The molecule has 0 heterocycles. The van der Waals surface area contributed by atoms with Gasteiger partial charge in [0.25, 0.3) is 0 Å². The smallest absolute Gasteiger partial charge is 0.312 e. The number of nitrogens with one attached hydrogen (secondary N) is 2. The van der Waals surface area contributed by atoms with Gasteiger partial charge in [0.15, 0.2) is 0 Å². The van der Waals surface area contributed by atoms with Crippen molar-refractivity contribution in [3.05, 3.63) is 0 Å². The average molecular weight is 203 g/mol. The molecule has 0 aromatic heterocycles. The van der Waals surface area contributed by atoms with Gasteiger partial charge in [0, 0.05) is 25.6 Å². The van der Waals surface area contributed by atoms with Crippen LogP contribution in [0.15, 0.2) is 5.16 Å². The highest BCUT2D eigenvalue weighted by atomic mass is 16.4. The van der Waals surface area contributed by atoms with E-state index in [1.165, 1.54) is 0 Å². The molecular formula is C7H17N5O2. The number of nitrogens with two attached hydrogens (primary N) is 2. The van der Waals surface area contributed by atoms with Crippen LogP contribution in [0.25, 0.3) is 0 Å². The Bertz CT molecular complexity index is 206. The monoisotopic (exact) mass is 203 g/mol. The molecule has 0 aromatic carbocycles. The third kappa shape index (κ3) is 7.17. The fourth-order valence-electron chi connectivity index (χ4n) is 0.931. The van der Waals surface area contributed by atoms with Gasteiger partial charge in [-0.15, -0.1) is 0 Å². The number of carbonyl (C=O) groups is 1. The van der Waals surface area contributed by atoms with Gasteiger partial charge in [-0.1, -0.05) is 5.16 Å². The minimum Gasteiger partial charge on any atom is -0.409 e. The van der Waals surface area contributed by atoms with Crippen molar-refractivity contribution in [2.45, 2.75) is 19.4 Å². The van der Waals surface area contributed by atoms with E-state index in [1.54, 1.807) is 0 Å². The predicted octanol–water partition coefficient (Wildman–Crippen LogP) is -1.23. The maximum Gasteiger partial charge on any atom is 0.312 e. The first-order valence-corrected chi connectivity index (χ1v) is 4.29. The molecule has 82 valence electrons. The van der Waals surface area contributed by atoms with Crippen LogP contribution in [0.2, 0.25) is 0 Å².